The van der Waals surface area contributed by atoms with Gasteiger partial charge in [0.05, 0.1) is 12.1 Å². The summed E-state index contributed by atoms with van der Waals surface area (Å²) >= 11 is 0. The minimum atomic E-state index is -1.07. The Kier molecular flexibility index (Phi) is 9.50. The van der Waals surface area contributed by atoms with Crippen LogP contribution in [0.15, 0.2) is 36.4 Å². The number of hydrogen-bond donors (Lipinski definition) is 1. The van der Waals surface area contributed by atoms with Crippen molar-refractivity contribution in [3.8, 4) is 0 Å². The molecule has 2 aromatic carbocycles. The monoisotopic (exact) mass is 579 g/mol. The van der Waals surface area contributed by atoms with Crippen molar-refractivity contribution in [3.05, 3.63) is 58.9 Å². The van der Waals surface area contributed by atoms with Crippen molar-refractivity contribution < 1.29 is 28.3 Å². The highest BCUT2D eigenvalue weighted by atomic mass is 19.1. The summed E-state index contributed by atoms with van der Waals surface area (Å²) < 4.78 is 21.0. The van der Waals surface area contributed by atoms with Gasteiger partial charge >= 0.3 is 6.09 Å². The maximum atomic E-state index is 15.4. The van der Waals surface area contributed by atoms with Crippen molar-refractivity contribution in [1.29, 1.82) is 0 Å². The number of ketones is 2. The number of piperidine rings is 1. The second kappa shape index (κ2) is 12.7. The number of amides is 1. The Morgan fingerprint density at radius 3 is 2.52 bits per heavy atom. The lowest BCUT2D eigenvalue weighted by Gasteiger charge is -2.45. The first-order chi connectivity index (χ1) is 19.9. The number of Topliss-reactive ketones (excluding diaryl/α,β-unsaturated/α-hetero) is 2. The van der Waals surface area contributed by atoms with Crippen molar-refractivity contribution in [3.63, 3.8) is 0 Å². The van der Waals surface area contributed by atoms with Crippen LogP contribution >= 0.6 is 0 Å². The third kappa shape index (κ3) is 6.72. The minimum absolute atomic E-state index is 0.0218. The summed E-state index contributed by atoms with van der Waals surface area (Å²) in [4.78, 5) is 53.3. The van der Waals surface area contributed by atoms with Gasteiger partial charge in [-0.1, -0.05) is 0 Å². The molecular formula is C33H42FN3O5. The van der Waals surface area contributed by atoms with Crippen molar-refractivity contribution in [2.45, 2.75) is 90.3 Å². The molecule has 0 saturated carbocycles. The van der Waals surface area contributed by atoms with Crippen LogP contribution in [0.2, 0.25) is 0 Å². The van der Waals surface area contributed by atoms with Crippen LogP contribution in [-0.2, 0) is 26.3 Å². The predicted octanol–water partition coefficient (Wildman–Crippen LogP) is 6.06. The number of halogens is 1. The van der Waals surface area contributed by atoms with Crippen LogP contribution in [0.3, 0.4) is 0 Å². The first-order valence-corrected chi connectivity index (χ1v) is 14.8. The second-order valence-electron chi connectivity index (χ2n) is 12.3. The quantitative estimate of drug-likeness (QED) is 0.176. The maximum absolute atomic E-state index is 15.4. The zero-order valence-corrected chi connectivity index (χ0v) is 25.3. The zero-order valence-electron chi connectivity index (χ0n) is 25.3. The lowest BCUT2D eigenvalue weighted by Crippen LogP contribution is -2.56. The minimum Gasteiger partial charge on any atom is -0.443 e. The normalized spacial score (nSPS) is 21.2. The Morgan fingerprint density at radius 1 is 1.17 bits per heavy atom. The molecule has 4 rings (SSSR count). The number of fused-ring (bicyclic) bond motifs is 1. The molecular weight excluding hydrogens is 537 g/mol. The number of anilines is 2. The number of nitrogens with zero attached hydrogens (tertiary/aromatic N) is 2. The lowest BCUT2D eigenvalue weighted by atomic mass is 9.81. The molecule has 42 heavy (non-hydrogen) atoms. The fraction of sp³-hybridized carbons (Fsp3) is 0.515. The molecule has 1 unspecified atom stereocenters. The number of carbonyl (C=O) groups excluding carboxylic acids is 4. The summed E-state index contributed by atoms with van der Waals surface area (Å²) in [5.41, 5.74) is 1.42. The molecule has 1 amide bonds. The van der Waals surface area contributed by atoms with Crippen LogP contribution < -0.4 is 10.2 Å². The number of aldehydes is 1. The van der Waals surface area contributed by atoms with Crippen molar-refractivity contribution in [2.24, 2.45) is 0 Å². The van der Waals surface area contributed by atoms with E-state index in [9.17, 15) is 19.2 Å². The summed E-state index contributed by atoms with van der Waals surface area (Å²) in [5, 5.41) is 3.53. The number of rotatable bonds is 8. The molecule has 0 aromatic heterocycles. The Balaban J connectivity index is 1.65. The third-order valence-corrected chi connectivity index (χ3v) is 8.21. The highest BCUT2D eigenvalue weighted by molar-refractivity contribution is 6.02. The van der Waals surface area contributed by atoms with Gasteiger partial charge in [0.1, 0.15) is 23.2 Å². The molecule has 1 aliphatic heterocycles. The molecule has 2 aromatic rings. The fourth-order valence-electron chi connectivity index (χ4n) is 6.12. The van der Waals surface area contributed by atoms with Gasteiger partial charge in [-0.05, 0) is 114 Å². The molecule has 0 spiro atoms. The van der Waals surface area contributed by atoms with E-state index in [0.29, 0.717) is 62.0 Å². The van der Waals surface area contributed by atoms with Crippen LogP contribution in [0, 0.1) is 5.82 Å². The van der Waals surface area contributed by atoms with E-state index >= 15 is 4.39 Å². The van der Waals surface area contributed by atoms with Gasteiger partial charge in [-0.25, -0.2) is 9.18 Å². The molecule has 2 aliphatic rings. The first-order valence-electron chi connectivity index (χ1n) is 14.8. The average molecular weight is 580 g/mol. The van der Waals surface area contributed by atoms with Crippen LogP contribution in [0.25, 0.3) is 0 Å². The van der Waals surface area contributed by atoms with E-state index in [2.05, 4.69) is 10.2 Å². The highest BCUT2D eigenvalue weighted by Crippen LogP contribution is 2.42. The van der Waals surface area contributed by atoms with E-state index < -0.39 is 23.1 Å². The Hall–Kier alpha value is -3.59. The SMILES string of the molecule is CCN(C(=O)OC(C)(C)C)c1cc(F)cc2c1CCCC(=O)C2(C)N1CCC[C@@H](Nc2ccc(C(=O)CC=O)cc2)C1. The molecule has 226 valence electrons. The number of ether oxygens (including phenoxy) is 1. The molecule has 0 bridgehead atoms. The topological polar surface area (TPSA) is 96.0 Å². The second-order valence-corrected chi connectivity index (χ2v) is 12.3. The Labute approximate surface area is 247 Å². The van der Waals surface area contributed by atoms with Crippen LogP contribution in [0.5, 0.6) is 0 Å². The van der Waals surface area contributed by atoms with Crippen molar-refractivity contribution in [1.82, 2.24) is 4.90 Å². The number of hydrogen-bond acceptors (Lipinski definition) is 7. The molecule has 1 heterocycles. The molecule has 8 nitrogen and oxygen atoms in total. The van der Waals surface area contributed by atoms with Gasteiger partial charge in [0, 0.05) is 36.8 Å². The largest absolute Gasteiger partial charge is 0.443 e. The van der Waals surface area contributed by atoms with Crippen molar-refractivity contribution in [2.75, 3.05) is 29.9 Å². The molecule has 1 N–H and O–H groups in total. The van der Waals surface area contributed by atoms with Gasteiger partial charge in [-0.2, -0.15) is 0 Å². The standard InChI is InChI=1S/C33H42FN3O5/c1-6-37(31(41)42-32(2,3)4)28-20-23(34)19-27-26(28)10-7-11-30(40)33(27,5)36-17-8-9-25(21-36)35-24-14-12-22(13-15-24)29(39)16-18-38/h12-15,18-20,25,35H,6-11,16-17,21H2,1-5H3/t25-,33?/m1/s1. The van der Waals surface area contributed by atoms with Gasteiger partial charge < -0.3 is 14.8 Å². The number of carbonyl (C=O) groups is 4. The number of benzene rings is 2. The smallest absolute Gasteiger partial charge is 0.414 e. The van der Waals surface area contributed by atoms with Crippen LogP contribution in [0.1, 0.15) is 88.2 Å². The number of nitrogens with one attached hydrogen (secondary N) is 1. The van der Waals surface area contributed by atoms with Gasteiger partial charge in [-0.15, -0.1) is 0 Å². The highest BCUT2D eigenvalue weighted by Gasteiger charge is 2.46. The molecule has 2 atom stereocenters. The Morgan fingerprint density at radius 2 is 1.88 bits per heavy atom. The summed E-state index contributed by atoms with van der Waals surface area (Å²) in [5.74, 6) is -0.682. The molecule has 0 radical (unpaired) electrons. The third-order valence-electron chi connectivity index (χ3n) is 8.21. The van der Waals surface area contributed by atoms with Gasteiger partial charge in [-0.3, -0.25) is 19.4 Å². The molecule has 1 saturated heterocycles. The van der Waals surface area contributed by atoms with Gasteiger partial charge in [0.25, 0.3) is 0 Å². The van der Waals surface area contributed by atoms with Crippen LogP contribution in [0.4, 0.5) is 20.6 Å². The predicted molar refractivity (Wildman–Crippen MR) is 161 cm³/mol. The lowest BCUT2D eigenvalue weighted by molar-refractivity contribution is -0.131. The Bertz CT molecular complexity index is 1340. The summed E-state index contributed by atoms with van der Waals surface area (Å²) in [6, 6.07) is 9.92. The van der Waals surface area contributed by atoms with Crippen molar-refractivity contribution >= 4 is 35.3 Å². The summed E-state index contributed by atoms with van der Waals surface area (Å²) in [7, 11) is 0. The van der Waals surface area contributed by atoms with Crippen LogP contribution in [-0.4, -0.2) is 60.1 Å². The zero-order chi connectivity index (χ0) is 30.7. The van der Waals surface area contributed by atoms with Gasteiger partial charge in [0.2, 0.25) is 0 Å². The average Bonchev–Trinajstić information content (AvgIpc) is 3.05. The summed E-state index contributed by atoms with van der Waals surface area (Å²) in [6.45, 7) is 10.6. The van der Waals surface area contributed by atoms with E-state index in [1.54, 1.807) is 32.9 Å². The van der Waals surface area contributed by atoms with E-state index in [1.807, 2.05) is 26.0 Å². The molecule has 1 aliphatic carbocycles. The molecule has 1 fully saturated rings. The maximum Gasteiger partial charge on any atom is 0.414 e. The van der Waals surface area contributed by atoms with E-state index in [-0.39, 0.29) is 24.0 Å². The summed E-state index contributed by atoms with van der Waals surface area (Å²) in [6.07, 6.45) is 3.15. The molecule has 9 heteroatoms. The number of likely N-dealkylation sites (tertiary alicyclic amines) is 1. The van der Waals surface area contributed by atoms with Gasteiger partial charge in [0.15, 0.2) is 11.6 Å². The van der Waals surface area contributed by atoms with E-state index in [1.165, 1.54) is 17.0 Å². The van der Waals surface area contributed by atoms with E-state index in [4.69, 9.17) is 4.74 Å². The fourth-order valence-corrected chi connectivity index (χ4v) is 6.12. The van der Waals surface area contributed by atoms with E-state index in [0.717, 1.165) is 24.1 Å². The first kappa shape index (κ1) is 31.3.